The second-order valence-electron chi connectivity index (χ2n) is 7.95. The Hall–Kier alpha value is -3.14. The van der Waals surface area contributed by atoms with E-state index in [4.69, 9.17) is 9.84 Å². The van der Waals surface area contributed by atoms with Crippen LogP contribution in [0.4, 0.5) is 0 Å². The molecule has 0 radical (unpaired) electrons. The van der Waals surface area contributed by atoms with Crippen molar-refractivity contribution in [2.75, 3.05) is 0 Å². The van der Waals surface area contributed by atoms with Crippen molar-refractivity contribution in [3.63, 3.8) is 0 Å². The molecule has 2 unspecified atom stereocenters. The Labute approximate surface area is 199 Å². The van der Waals surface area contributed by atoms with Crippen LogP contribution in [0.3, 0.4) is 0 Å². The van der Waals surface area contributed by atoms with Gasteiger partial charge in [-0.25, -0.2) is 0 Å². The van der Waals surface area contributed by atoms with Gasteiger partial charge in [0.25, 0.3) is 6.47 Å². The fraction of sp³-hybridized carbons (Fsp3) is 0.379. The van der Waals surface area contributed by atoms with Crippen molar-refractivity contribution in [1.29, 1.82) is 0 Å². The van der Waals surface area contributed by atoms with E-state index in [1.807, 2.05) is 85.8 Å². The summed E-state index contributed by atoms with van der Waals surface area (Å²) in [5.41, 5.74) is 1.17. The van der Waals surface area contributed by atoms with E-state index in [0.717, 1.165) is 25.7 Å². The first-order valence-electron chi connectivity index (χ1n) is 11.7. The van der Waals surface area contributed by atoms with Gasteiger partial charge in [-0.2, -0.15) is 0 Å². The molecule has 178 valence electrons. The molecule has 0 spiro atoms. The summed E-state index contributed by atoms with van der Waals surface area (Å²) in [5, 5.41) is 8.86. The Morgan fingerprint density at radius 1 is 0.909 bits per heavy atom. The number of benzene rings is 2. The van der Waals surface area contributed by atoms with Crippen molar-refractivity contribution in [2.45, 2.75) is 63.9 Å². The molecule has 2 saturated carbocycles. The molecule has 2 atom stereocenters. The van der Waals surface area contributed by atoms with Crippen LogP contribution in [0.25, 0.3) is 0 Å². The van der Waals surface area contributed by atoms with Gasteiger partial charge in [0.15, 0.2) is 0 Å². The summed E-state index contributed by atoms with van der Waals surface area (Å²) >= 11 is 0. The van der Waals surface area contributed by atoms with Gasteiger partial charge in [-0.1, -0.05) is 98.0 Å². The van der Waals surface area contributed by atoms with Gasteiger partial charge < -0.3 is 9.84 Å². The topological polar surface area (TPSA) is 63.6 Å². The van der Waals surface area contributed by atoms with Crippen molar-refractivity contribution in [3.8, 4) is 0 Å². The average Bonchev–Trinajstić information content (AvgIpc) is 2.83. The largest absolute Gasteiger partial charge is 0.481 e. The fourth-order valence-electron chi connectivity index (χ4n) is 3.70. The van der Waals surface area contributed by atoms with Crippen molar-refractivity contribution in [1.82, 2.24) is 0 Å². The molecule has 0 aliphatic heterocycles. The summed E-state index contributed by atoms with van der Waals surface area (Å²) in [5.74, 6) is -0.554. The van der Waals surface area contributed by atoms with Crippen LogP contribution in [0, 0.1) is 5.92 Å². The highest BCUT2D eigenvalue weighted by atomic mass is 16.5. The highest BCUT2D eigenvalue weighted by molar-refractivity contribution is 5.72. The zero-order chi connectivity index (χ0) is 24.2. The van der Waals surface area contributed by atoms with Crippen LogP contribution in [0.1, 0.15) is 63.4 Å². The van der Waals surface area contributed by atoms with Crippen LogP contribution in [-0.4, -0.2) is 23.7 Å². The van der Waals surface area contributed by atoms with E-state index >= 15 is 0 Å². The molecule has 2 aliphatic carbocycles. The summed E-state index contributed by atoms with van der Waals surface area (Å²) in [6.45, 7) is 5.99. The van der Waals surface area contributed by atoms with Gasteiger partial charge in [0.2, 0.25) is 0 Å². The minimum absolute atomic E-state index is 0.151. The van der Waals surface area contributed by atoms with Gasteiger partial charge in [0, 0.05) is 0 Å². The van der Waals surface area contributed by atoms with E-state index in [1.54, 1.807) is 6.08 Å². The zero-order valence-corrected chi connectivity index (χ0v) is 19.7. The third-order valence-corrected chi connectivity index (χ3v) is 5.61. The molecular weight excluding hydrogens is 412 g/mol. The lowest BCUT2D eigenvalue weighted by Crippen LogP contribution is -2.30. The third kappa shape index (κ3) is 12.5. The van der Waals surface area contributed by atoms with E-state index in [-0.39, 0.29) is 17.9 Å². The normalized spacial score (nSPS) is 19.1. The van der Waals surface area contributed by atoms with Crippen LogP contribution < -0.4 is 0 Å². The van der Waals surface area contributed by atoms with Crippen LogP contribution in [-0.2, 0) is 14.3 Å². The minimum Gasteiger partial charge on any atom is -0.481 e. The van der Waals surface area contributed by atoms with Crippen LogP contribution in [0.5, 0.6) is 0 Å². The van der Waals surface area contributed by atoms with Crippen molar-refractivity contribution in [2.24, 2.45) is 5.92 Å². The maximum Gasteiger partial charge on any atom is 0.307 e. The fourth-order valence-corrected chi connectivity index (χ4v) is 3.70. The Balaban J connectivity index is 0.000000238. The van der Waals surface area contributed by atoms with Gasteiger partial charge in [0.1, 0.15) is 6.10 Å². The summed E-state index contributed by atoms with van der Waals surface area (Å²) < 4.78 is 4.80. The number of carbonyl (C=O) groups is 2. The van der Waals surface area contributed by atoms with E-state index in [0.29, 0.717) is 6.47 Å². The molecule has 0 amide bonds. The molecule has 0 bridgehead atoms. The van der Waals surface area contributed by atoms with E-state index in [1.165, 1.54) is 24.8 Å². The van der Waals surface area contributed by atoms with Gasteiger partial charge in [0.05, 0.1) is 5.92 Å². The highest BCUT2D eigenvalue weighted by Gasteiger charge is 2.37. The van der Waals surface area contributed by atoms with E-state index in [2.05, 4.69) is 6.58 Å². The number of carboxylic acids is 1. The maximum absolute atomic E-state index is 10.8. The van der Waals surface area contributed by atoms with Gasteiger partial charge in [-0.05, 0) is 56.9 Å². The molecule has 4 heteroatoms. The molecule has 4 rings (SSSR count). The second kappa shape index (κ2) is 18.4. The molecular formula is C29H38O4. The molecule has 0 aromatic heterocycles. The number of carboxylic acid groups (broad SMARTS) is 1. The van der Waals surface area contributed by atoms with Crippen molar-refractivity contribution >= 4 is 12.4 Å². The molecule has 1 N–H and O–H groups in total. The van der Waals surface area contributed by atoms with E-state index < -0.39 is 5.97 Å². The standard InChI is InChI=1S/C11H12O2.C7H12O2.C6H6.C5H8/c12-11(13)10-7-6-9(10)8-4-2-1-3-5-8;8-6-9-7-4-2-1-3-5-7;1-2-4-6-5-3-1;1-3-5-4-2/h1-5,9-10H,6-7H2,(H,12,13);6-7H,1-5H2;1-6H;3-5H,1H2,2H3/b;;;5-4-. The van der Waals surface area contributed by atoms with Gasteiger partial charge in [-0.15, -0.1) is 0 Å². The summed E-state index contributed by atoms with van der Waals surface area (Å²) in [6.07, 6.45) is 13.5. The Morgan fingerprint density at radius 3 is 1.82 bits per heavy atom. The molecule has 2 aliphatic rings. The minimum atomic E-state index is -0.653. The molecule has 4 nitrogen and oxygen atoms in total. The number of allylic oxidation sites excluding steroid dienone is 3. The summed E-state index contributed by atoms with van der Waals surface area (Å²) in [6, 6.07) is 21.9. The predicted molar refractivity (Wildman–Crippen MR) is 135 cm³/mol. The van der Waals surface area contributed by atoms with Crippen LogP contribution in [0.2, 0.25) is 0 Å². The first-order chi connectivity index (χ1) is 16.1. The summed E-state index contributed by atoms with van der Waals surface area (Å²) in [7, 11) is 0. The Kier molecular flexibility index (Phi) is 15.6. The second-order valence-corrected chi connectivity index (χ2v) is 7.95. The predicted octanol–water partition coefficient (Wildman–Crippen LogP) is 7.19. The van der Waals surface area contributed by atoms with Crippen molar-refractivity contribution in [3.05, 3.63) is 97.1 Å². The number of rotatable bonds is 5. The molecule has 33 heavy (non-hydrogen) atoms. The molecule has 0 saturated heterocycles. The SMILES string of the molecule is C=C/C=C\C.O=C(O)C1CCC1c1ccccc1.O=COC1CCCCC1.c1ccccc1. The number of hydrogen-bond acceptors (Lipinski definition) is 3. The smallest absolute Gasteiger partial charge is 0.307 e. The summed E-state index contributed by atoms with van der Waals surface area (Å²) in [4.78, 5) is 20.6. The quantitative estimate of drug-likeness (QED) is 0.387. The first-order valence-corrected chi connectivity index (χ1v) is 11.7. The van der Waals surface area contributed by atoms with Gasteiger partial charge >= 0.3 is 5.97 Å². The van der Waals surface area contributed by atoms with E-state index in [9.17, 15) is 9.59 Å². The molecule has 2 fully saturated rings. The lowest BCUT2D eigenvalue weighted by Gasteiger charge is -2.33. The third-order valence-electron chi connectivity index (χ3n) is 5.61. The molecule has 2 aromatic rings. The highest BCUT2D eigenvalue weighted by Crippen LogP contribution is 2.42. The molecule has 2 aromatic carbocycles. The van der Waals surface area contributed by atoms with Gasteiger partial charge in [-0.3, -0.25) is 9.59 Å². The first kappa shape index (κ1) is 27.9. The number of hydrogen-bond donors (Lipinski definition) is 1. The molecule has 0 heterocycles. The Morgan fingerprint density at radius 2 is 1.45 bits per heavy atom. The number of aliphatic carboxylic acids is 1. The monoisotopic (exact) mass is 450 g/mol. The van der Waals surface area contributed by atoms with Crippen LogP contribution in [0.15, 0.2) is 91.5 Å². The Bertz CT molecular complexity index is 753. The maximum atomic E-state index is 10.8. The zero-order valence-electron chi connectivity index (χ0n) is 19.7. The van der Waals surface area contributed by atoms with Crippen molar-refractivity contribution < 1.29 is 19.4 Å². The lowest BCUT2D eigenvalue weighted by atomic mass is 9.70. The number of ether oxygens (including phenoxy) is 1. The number of carbonyl (C=O) groups excluding carboxylic acids is 1. The van der Waals surface area contributed by atoms with Crippen LogP contribution >= 0.6 is 0 Å². The average molecular weight is 451 g/mol. The lowest BCUT2D eigenvalue weighted by molar-refractivity contribution is -0.145.